The van der Waals surface area contributed by atoms with Crippen LogP contribution in [0.1, 0.15) is 33.1 Å². The molecule has 3 aromatic rings. The van der Waals surface area contributed by atoms with Crippen molar-refractivity contribution >= 4 is 35.0 Å². The number of carbonyl (C=O) groups is 1. The van der Waals surface area contributed by atoms with E-state index < -0.39 is 5.83 Å². The molecule has 3 rings (SSSR count). The van der Waals surface area contributed by atoms with Crippen molar-refractivity contribution in [1.29, 1.82) is 0 Å². The largest absolute Gasteiger partial charge is 0.345 e. The highest BCUT2D eigenvalue weighted by molar-refractivity contribution is 7.11. The lowest BCUT2D eigenvalue weighted by atomic mass is 10.3. The Bertz CT molecular complexity index is 1110. The molecule has 0 saturated heterocycles. The first-order chi connectivity index (χ1) is 15.5. The number of rotatable bonds is 11. The first kappa shape index (κ1) is 23.5. The molecule has 3 N–H and O–H groups in total. The molecule has 0 radical (unpaired) electrons. The summed E-state index contributed by atoms with van der Waals surface area (Å²) in [6.45, 7) is 8.40. The number of nitrogens with one attached hydrogen (secondary N) is 3. The third kappa shape index (κ3) is 6.18. The summed E-state index contributed by atoms with van der Waals surface area (Å²) >= 11 is 1.49. The van der Waals surface area contributed by atoms with E-state index in [1.165, 1.54) is 17.4 Å². The fourth-order valence-electron chi connectivity index (χ4n) is 3.13. The predicted octanol–water partition coefficient (Wildman–Crippen LogP) is 3.89. The van der Waals surface area contributed by atoms with Gasteiger partial charge in [-0.2, -0.15) is 0 Å². The second-order valence-electron chi connectivity index (χ2n) is 7.10. The van der Waals surface area contributed by atoms with Crippen LogP contribution in [-0.4, -0.2) is 47.2 Å². The van der Waals surface area contributed by atoms with Gasteiger partial charge in [0.1, 0.15) is 17.3 Å². The number of halogens is 1. The number of amides is 1. The quantitative estimate of drug-likeness (QED) is 0.233. The number of aliphatic imine (C=N–C) groups is 1. The number of aryl methyl sites for hydroxylation is 1. The molecule has 9 heteroatoms. The summed E-state index contributed by atoms with van der Waals surface area (Å²) in [5.74, 6) is 0.0838. The van der Waals surface area contributed by atoms with Gasteiger partial charge >= 0.3 is 0 Å². The summed E-state index contributed by atoms with van der Waals surface area (Å²) in [5.41, 5.74) is 2.46. The van der Waals surface area contributed by atoms with E-state index in [0.717, 1.165) is 46.3 Å². The number of thiazole rings is 1. The van der Waals surface area contributed by atoms with Crippen molar-refractivity contribution in [3.63, 3.8) is 0 Å². The number of H-pyrrole nitrogens is 1. The lowest BCUT2D eigenvalue weighted by Crippen LogP contribution is -2.26. The number of benzene rings is 1. The molecule has 0 aliphatic rings. The second-order valence-corrected chi connectivity index (χ2v) is 8.39. The fraction of sp³-hybridized carbons (Fsp3) is 0.304. The van der Waals surface area contributed by atoms with Gasteiger partial charge in [-0.25, -0.2) is 14.4 Å². The van der Waals surface area contributed by atoms with Gasteiger partial charge in [0.2, 0.25) is 0 Å². The minimum absolute atomic E-state index is 0.0475. The summed E-state index contributed by atoms with van der Waals surface area (Å²) < 4.78 is 13.9. The maximum absolute atomic E-state index is 13.9. The highest BCUT2D eigenvalue weighted by Crippen LogP contribution is 2.18. The molecule has 7 nitrogen and oxygen atoms in total. The van der Waals surface area contributed by atoms with Gasteiger partial charge in [0.15, 0.2) is 0 Å². The molecule has 2 heterocycles. The number of imidazole rings is 1. The van der Waals surface area contributed by atoms with Crippen LogP contribution in [0.3, 0.4) is 0 Å². The van der Waals surface area contributed by atoms with Gasteiger partial charge in [-0.15, -0.1) is 11.3 Å². The lowest BCUT2D eigenvalue weighted by molar-refractivity contribution is 0.0951. The smallest absolute Gasteiger partial charge is 0.271 e. The van der Waals surface area contributed by atoms with Gasteiger partial charge in [-0.05, 0) is 38.8 Å². The molecule has 0 unspecified atom stereocenters. The molecular formula is C23H27FN6OS. The Kier molecular flexibility index (Phi) is 8.41. The fourth-order valence-corrected chi connectivity index (χ4v) is 4.06. The Labute approximate surface area is 190 Å². The van der Waals surface area contributed by atoms with Crippen LogP contribution in [-0.2, 0) is 12.8 Å². The molecule has 0 bridgehead atoms. The Balaban J connectivity index is 1.45. The molecule has 168 valence electrons. The Morgan fingerprint density at radius 1 is 1.28 bits per heavy atom. The number of carbonyl (C=O) groups excluding carboxylic acids is 1. The predicted molar refractivity (Wildman–Crippen MR) is 128 cm³/mol. The van der Waals surface area contributed by atoms with Crippen LogP contribution in [0, 0.1) is 6.92 Å². The molecule has 0 saturated carbocycles. The zero-order chi connectivity index (χ0) is 22.9. The molecule has 1 amide bonds. The van der Waals surface area contributed by atoms with Crippen LogP contribution >= 0.6 is 11.3 Å². The third-order valence-corrected chi connectivity index (χ3v) is 5.78. The van der Waals surface area contributed by atoms with Crippen molar-refractivity contribution in [3.05, 3.63) is 69.3 Å². The first-order valence-corrected chi connectivity index (χ1v) is 11.2. The maximum atomic E-state index is 13.9. The van der Waals surface area contributed by atoms with Crippen molar-refractivity contribution in [2.24, 2.45) is 4.99 Å². The lowest BCUT2D eigenvalue weighted by Gasteiger charge is -2.05. The Hall–Kier alpha value is -3.17. The van der Waals surface area contributed by atoms with E-state index >= 15 is 0 Å². The van der Waals surface area contributed by atoms with Gasteiger partial charge < -0.3 is 15.6 Å². The minimum Gasteiger partial charge on any atom is -0.345 e. The highest BCUT2D eigenvalue weighted by Gasteiger charge is 2.16. The topological polar surface area (TPSA) is 95.1 Å². The number of allylic oxidation sites excluding steroid dienone is 3. The third-order valence-electron chi connectivity index (χ3n) is 4.74. The van der Waals surface area contributed by atoms with Crippen molar-refractivity contribution < 1.29 is 9.18 Å². The number of fused-ring (bicyclic) bond motifs is 1. The van der Waals surface area contributed by atoms with E-state index in [2.05, 4.69) is 37.3 Å². The van der Waals surface area contributed by atoms with Crippen LogP contribution in [0.25, 0.3) is 11.0 Å². The van der Waals surface area contributed by atoms with Gasteiger partial charge in [0.25, 0.3) is 5.91 Å². The van der Waals surface area contributed by atoms with E-state index in [-0.39, 0.29) is 18.1 Å². The Morgan fingerprint density at radius 2 is 2.06 bits per heavy atom. The standard InChI is InChI=1S/C23H27FN6OS/c1-4-7-16(24)19(25-3)14-27-23(31)22-15(2)32-21(30-22)11-13-26-12-10-20-28-17-8-5-6-9-18(17)29-20/h4-9,26H,3,10-14H2,1-2H3,(H,27,31)(H,28,29)/b7-4-,19-16+. The monoisotopic (exact) mass is 454 g/mol. The van der Waals surface area contributed by atoms with E-state index in [9.17, 15) is 9.18 Å². The number of hydrogen-bond donors (Lipinski definition) is 3. The minimum atomic E-state index is -0.521. The molecule has 0 aliphatic heterocycles. The highest BCUT2D eigenvalue weighted by atomic mass is 32.1. The molecule has 1 aromatic carbocycles. The molecule has 0 atom stereocenters. The van der Waals surface area contributed by atoms with Gasteiger partial charge in [-0.3, -0.25) is 9.79 Å². The zero-order valence-electron chi connectivity index (χ0n) is 18.2. The number of hydrogen-bond acceptors (Lipinski definition) is 6. The first-order valence-electron chi connectivity index (χ1n) is 10.4. The van der Waals surface area contributed by atoms with E-state index in [1.807, 2.05) is 31.2 Å². The average Bonchev–Trinajstić information content (AvgIpc) is 3.36. The number of aromatic nitrogens is 3. The molecule has 0 aliphatic carbocycles. The molecule has 32 heavy (non-hydrogen) atoms. The van der Waals surface area contributed by atoms with E-state index in [4.69, 9.17) is 0 Å². The molecular weight excluding hydrogens is 427 g/mol. The van der Waals surface area contributed by atoms with Gasteiger partial charge in [0.05, 0.1) is 28.3 Å². The van der Waals surface area contributed by atoms with E-state index in [1.54, 1.807) is 13.0 Å². The molecule has 0 spiro atoms. The second kappa shape index (κ2) is 11.4. The summed E-state index contributed by atoms with van der Waals surface area (Å²) in [5, 5.41) is 6.93. The summed E-state index contributed by atoms with van der Waals surface area (Å²) in [7, 11) is 0. The normalized spacial score (nSPS) is 12.3. The van der Waals surface area contributed by atoms with Crippen LogP contribution in [0.5, 0.6) is 0 Å². The van der Waals surface area contributed by atoms with Crippen LogP contribution in [0.4, 0.5) is 4.39 Å². The van der Waals surface area contributed by atoms with Crippen molar-refractivity contribution in [3.8, 4) is 0 Å². The number of para-hydroxylation sites is 2. The van der Waals surface area contributed by atoms with Crippen molar-refractivity contribution in [2.75, 3.05) is 19.6 Å². The van der Waals surface area contributed by atoms with Crippen LogP contribution in [0.15, 0.2) is 52.9 Å². The summed E-state index contributed by atoms with van der Waals surface area (Å²) in [4.78, 5) is 29.3. The Morgan fingerprint density at radius 3 is 2.81 bits per heavy atom. The maximum Gasteiger partial charge on any atom is 0.271 e. The van der Waals surface area contributed by atoms with Crippen LogP contribution < -0.4 is 10.6 Å². The summed E-state index contributed by atoms with van der Waals surface area (Å²) in [6, 6.07) is 7.97. The van der Waals surface area contributed by atoms with E-state index in [0.29, 0.717) is 12.1 Å². The molecule has 2 aromatic heterocycles. The number of nitrogens with zero attached hydrogens (tertiary/aromatic N) is 3. The van der Waals surface area contributed by atoms with Gasteiger partial charge in [-0.1, -0.05) is 18.2 Å². The van der Waals surface area contributed by atoms with Gasteiger partial charge in [0, 0.05) is 30.8 Å². The molecule has 0 fully saturated rings. The average molecular weight is 455 g/mol. The van der Waals surface area contributed by atoms with Crippen molar-refractivity contribution in [2.45, 2.75) is 26.7 Å². The number of aromatic amines is 1. The SMILES string of the molecule is C=N/C(CNC(=O)c1nc(CCNCCc2nc3ccccc3[nH]2)sc1C)=C(F)\C=C/C. The van der Waals surface area contributed by atoms with Crippen LogP contribution in [0.2, 0.25) is 0 Å². The zero-order valence-corrected chi connectivity index (χ0v) is 19.1. The van der Waals surface area contributed by atoms with Crippen molar-refractivity contribution in [1.82, 2.24) is 25.6 Å². The summed E-state index contributed by atoms with van der Waals surface area (Å²) in [6.07, 6.45) is 4.36.